The van der Waals surface area contributed by atoms with E-state index in [0.29, 0.717) is 0 Å². The summed E-state index contributed by atoms with van der Waals surface area (Å²) in [6, 6.07) is 19.8. The number of para-hydroxylation sites is 4. The van der Waals surface area contributed by atoms with E-state index in [1.165, 1.54) is 24.3 Å². The van der Waals surface area contributed by atoms with E-state index in [0.717, 1.165) is 17.1 Å². The van der Waals surface area contributed by atoms with Crippen molar-refractivity contribution in [2.45, 2.75) is 51.1 Å². The molecule has 3 aromatic rings. The number of methoxy groups -OCH3 is 2. The van der Waals surface area contributed by atoms with E-state index in [4.69, 9.17) is 33.7 Å². The molecule has 4 rings (SSSR count). The molecule has 5 N–H and O–H groups in total. The molecule has 10 nitrogen and oxygen atoms in total. The Bertz CT molecular complexity index is 1150. The molecule has 0 fully saturated rings. The van der Waals surface area contributed by atoms with Gasteiger partial charge in [-0.15, -0.1) is 0 Å². The highest BCUT2D eigenvalue weighted by atomic mass is 32.2. The molecule has 0 saturated heterocycles. The third-order valence-electron chi connectivity index (χ3n) is 4.74. The fourth-order valence-corrected chi connectivity index (χ4v) is 2.91. The highest BCUT2D eigenvalue weighted by molar-refractivity contribution is 7.85. The van der Waals surface area contributed by atoms with Gasteiger partial charge < -0.3 is 34.6 Å². The van der Waals surface area contributed by atoms with Gasteiger partial charge in [0.25, 0.3) is 10.1 Å². The molecule has 0 aromatic heterocycles. The Kier molecular flexibility index (Phi) is 13.8. The number of hydrogen-bond acceptors (Lipinski definition) is 8. The van der Waals surface area contributed by atoms with Crippen LogP contribution < -0.4 is 9.47 Å². The van der Waals surface area contributed by atoms with Crippen LogP contribution >= 0.6 is 0 Å². The van der Waals surface area contributed by atoms with Crippen molar-refractivity contribution in [3.8, 4) is 23.0 Å². The quantitative estimate of drug-likeness (QED) is 0.236. The minimum absolute atomic E-state index is 0. The molecule has 0 bridgehead atoms. The van der Waals surface area contributed by atoms with E-state index in [2.05, 4.69) is 0 Å². The van der Waals surface area contributed by atoms with Crippen molar-refractivity contribution in [2.24, 2.45) is 0 Å². The largest absolute Gasteiger partial charge is 0.504 e. The zero-order valence-electron chi connectivity index (χ0n) is 22.6. The van der Waals surface area contributed by atoms with Crippen molar-refractivity contribution in [1.29, 1.82) is 0 Å². The smallest absolute Gasteiger partial charge is 0.294 e. The number of ether oxygens (including phenoxy) is 4. The average molecular weight is 555 g/mol. The molecule has 1 aliphatic heterocycles. The van der Waals surface area contributed by atoms with Crippen molar-refractivity contribution in [1.82, 2.24) is 0 Å². The minimum Gasteiger partial charge on any atom is -0.504 e. The summed E-state index contributed by atoms with van der Waals surface area (Å²) in [5.41, 5.74) is 0.956. The summed E-state index contributed by atoms with van der Waals surface area (Å²) in [5.74, 6) is 0.596. The lowest BCUT2D eigenvalue weighted by molar-refractivity contribution is -0.178. The van der Waals surface area contributed by atoms with Gasteiger partial charge in [0.2, 0.25) is 5.79 Å². The molecule has 0 saturated carbocycles. The number of rotatable bonds is 3. The van der Waals surface area contributed by atoms with Crippen LogP contribution in [0.15, 0.2) is 77.7 Å². The van der Waals surface area contributed by atoms with Crippen LogP contribution in [0.25, 0.3) is 0 Å². The third-order valence-corrected chi connectivity index (χ3v) is 5.61. The van der Waals surface area contributed by atoms with Gasteiger partial charge >= 0.3 is 0 Å². The second-order valence-corrected chi connectivity index (χ2v) is 10.1. The van der Waals surface area contributed by atoms with Gasteiger partial charge in [-0.2, -0.15) is 8.42 Å². The first-order valence-electron chi connectivity index (χ1n) is 11.2. The summed E-state index contributed by atoms with van der Waals surface area (Å²) in [4.78, 5) is -0.0666. The zero-order chi connectivity index (χ0) is 28.3. The lowest BCUT2D eigenvalue weighted by Gasteiger charge is -2.19. The van der Waals surface area contributed by atoms with E-state index in [9.17, 15) is 8.42 Å². The predicted octanol–water partition coefficient (Wildman–Crippen LogP) is 4.72. The lowest BCUT2D eigenvalue weighted by atomic mass is 10.2. The number of benzene rings is 3. The van der Waals surface area contributed by atoms with Crippen LogP contribution in [0.2, 0.25) is 0 Å². The van der Waals surface area contributed by atoms with Crippen molar-refractivity contribution in [2.75, 3.05) is 14.2 Å². The minimum atomic E-state index is -4.02. The van der Waals surface area contributed by atoms with Crippen molar-refractivity contribution in [3.63, 3.8) is 0 Å². The maximum absolute atomic E-state index is 10.5. The molecular formula is C27H38O10S. The Morgan fingerprint density at radius 2 is 1.13 bits per heavy atom. The number of aryl methyl sites for hydroxylation is 1. The van der Waals surface area contributed by atoms with Crippen LogP contribution in [-0.2, 0) is 19.6 Å². The normalized spacial score (nSPS) is 12.7. The van der Waals surface area contributed by atoms with Crippen LogP contribution in [0.4, 0.5) is 0 Å². The third kappa shape index (κ3) is 12.7. The molecule has 212 valence electrons. The maximum Gasteiger partial charge on any atom is 0.294 e. The lowest BCUT2D eigenvalue weighted by Crippen LogP contribution is -2.29. The van der Waals surface area contributed by atoms with Gasteiger partial charge in [0.15, 0.2) is 28.8 Å². The van der Waals surface area contributed by atoms with Crippen LogP contribution in [0.3, 0.4) is 0 Å². The summed E-state index contributed by atoms with van der Waals surface area (Å²) in [6.45, 7) is 9.34. The monoisotopic (exact) mass is 554 g/mol. The van der Waals surface area contributed by atoms with Crippen LogP contribution in [0.1, 0.15) is 33.3 Å². The first-order chi connectivity index (χ1) is 17.1. The van der Waals surface area contributed by atoms with E-state index < -0.39 is 21.7 Å². The van der Waals surface area contributed by atoms with Gasteiger partial charge in [-0.25, -0.2) is 0 Å². The molecule has 11 heteroatoms. The first-order valence-corrected chi connectivity index (χ1v) is 12.6. The maximum atomic E-state index is 10.5. The molecule has 38 heavy (non-hydrogen) atoms. The molecular weight excluding hydrogens is 516 g/mol. The summed E-state index contributed by atoms with van der Waals surface area (Å²) >= 11 is 0. The van der Waals surface area contributed by atoms with E-state index >= 15 is 0 Å². The van der Waals surface area contributed by atoms with Crippen LogP contribution in [-0.4, -0.2) is 54.5 Å². The Morgan fingerprint density at radius 1 is 0.763 bits per heavy atom. The number of fused-ring (bicyclic) bond motifs is 1. The van der Waals surface area contributed by atoms with Crippen molar-refractivity contribution in [3.05, 3.63) is 78.4 Å². The fraction of sp³-hybridized carbons (Fsp3) is 0.333. The molecule has 1 heterocycles. The predicted molar refractivity (Wildman–Crippen MR) is 144 cm³/mol. The van der Waals surface area contributed by atoms with Crippen molar-refractivity contribution >= 4 is 10.1 Å². The van der Waals surface area contributed by atoms with Gasteiger partial charge in [0.05, 0.1) is 4.90 Å². The van der Waals surface area contributed by atoms with E-state index in [-0.39, 0.29) is 21.9 Å². The molecule has 0 unspecified atom stereocenters. The number of phenolic OH excluding ortho intramolecular Hbond substituents is 2. The molecule has 0 aliphatic carbocycles. The summed E-state index contributed by atoms with van der Waals surface area (Å²) < 4.78 is 50.2. The summed E-state index contributed by atoms with van der Waals surface area (Å²) in [7, 11) is -0.790. The molecule has 3 aromatic carbocycles. The van der Waals surface area contributed by atoms with Crippen LogP contribution in [0, 0.1) is 6.92 Å². The van der Waals surface area contributed by atoms with E-state index in [1.54, 1.807) is 38.5 Å². The van der Waals surface area contributed by atoms with Crippen LogP contribution in [0.5, 0.6) is 23.0 Å². The Hall–Kier alpha value is -3.35. The molecule has 0 radical (unpaired) electrons. The van der Waals surface area contributed by atoms with Crippen molar-refractivity contribution < 1.29 is 47.6 Å². The van der Waals surface area contributed by atoms with E-state index in [1.807, 2.05) is 58.9 Å². The molecule has 0 spiro atoms. The molecule has 1 aliphatic rings. The van der Waals surface area contributed by atoms with Gasteiger partial charge in [-0.3, -0.25) is 4.55 Å². The number of aromatic hydroxyl groups is 2. The molecule has 0 amide bonds. The van der Waals surface area contributed by atoms with Gasteiger partial charge in [-0.1, -0.05) is 42.0 Å². The Balaban J connectivity index is 0.000000485. The first kappa shape index (κ1) is 34.6. The van der Waals surface area contributed by atoms with Gasteiger partial charge in [0, 0.05) is 28.1 Å². The fourth-order valence-electron chi connectivity index (χ4n) is 2.43. The Morgan fingerprint density at radius 3 is 1.42 bits per heavy atom. The molecule has 0 atom stereocenters. The van der Waals surface area contributed by atoms with Gasteiger partial charge in [0.1, 0.15) is 0 Å². The second kappa shape index (κ2) is 15.2. The highest BCUT2D eigenvalue weighted by Crippen LogP contribution is 2.38. The Labute approximate surface area is 224 Å². The highest BCUT2D eigenvalue weighted by Gasteiger charge is 2.30. The summed E-state index contributed by atoms with van der Waals surface area (Å²) in [5, 5.41) is 17.3. The number of phenols is 2. The standard InChI is InChI=1S/C9H10O2.C7H8O3S.C6H6O2.C5H12O2.H2O/c1-9(2)10-7-5-3-4-6-8(7)11-9;1-6-2-4-7(5-3-6)11(8,9)10;7-5-3-1-2-4-6(5)8;1-5(2,6-3)7-4;/h3-6H,1-2H3;2-5H,1H3,(H,8,9,10);1-4,7-8H;1-4H3;1H2. The summed E-state index contributed by atoms with van der Waals surface area (Å²) in [6.07, 6.45) is 0. The second-order valence-electron chi connectivity index (χ2n) is 8.64. The zero-order valence-corrected chi connectivity index (χ0v) is 23.4. The SMILES string of the molecule is CC1(C)Oc2ccccc2O1.COC(C)(C)OC.Cc1ccc(S(=O)(=O)O)cc1.O.Oc1ccccc1O. The van der Waals surface area contributed by atoms with Gasteiger partial charge in [-0.05, 0) is 57.2 Å². The topological polar surface area (TPSA) is 163 Å². The average Bonchev–Trinajstić information content (AvgIpc) is 3.16. The number of hydrogen-bond donors (Lipinski definition) is 3.